The van der Waals surface area contributed by atoms with E-state index in [1.807, 2.05) is 24.3 Å². The number of carbonyl (C=O) groups is 2. The zero-order valence-electron chi connectivity index (χ0n) is 13.9. The third kappa shape index (κ3) is 3.09. The Morgan fingerprint density at radius 2 is 1.81 bits per heavy atom. The van der Waals surface area contributed by atoms with E-state index >= 15 is 0 Å². The topological polar surface area (TPSA) is 79.6 Å². The average molecular weight is 348 g/mol. The van der Waals surface area contributed by atoms with Gasteiger partial charge in [0, 0.05) is 30.2 Å². The Kier molecular flexibility index (Phi) is 4.01. The van der Waals surface area contributed by atoms with Crippen molar-refractivity contribution < 1.29 is 14.0 Å². The van der Waals surface area contributed by atoms with Gasteiger partial charge in [0.1, 0.15) is 5.58 Å². The van der Waals surface area contributed by atoms with Crippen LogP contribution in [0.25, 0.3) is 11.0 Å². The van der Waals surface area contributed by atoms with Gasteiger partial charge in [-0.1, -0.05) is 24.3 Å². The Bertz CT molecular complexity index is 1070. The van der Waals surface area contributed by atoms with Crippen molar-refractivity contribution in [3.63, 3.8) is 0 Å². The van der Waals surface area contributed by atoms with Crippen molar-refractivity contribution >= 4 is 28.5 Å². The minimum atomic E-state index is -0.680. The quantitative estimate of drug-likeness (QED) is 0.541. The maximum absolute atomic E-state index is 12.5. The fourth-order valence-electron chi connectivity index (χ4n) is 3.15. The first-order chi connectivity index (χ1) is 12.6. The van der Waals surface area contributed by atoms with E-state index in [0.717, 1.165) is 12.0 Å². The van der Waals surface area contributed by atoms with Crippen LogP contribution < -0.4 is 10.9 Å². The summed E-state index contributed by atoms with van der Waals surface area (Å²) < 4.78 is 5.05. The molecule has 4 rings (SSSR count). The van der Waals surface area contributed by atoms with E-state index in [4.69, 9.17) is 4.42 Å². The second kappa shape index (κ2) is 6.48. The minimum Gasteiger partial charge on any atom is -0.423 e. The van der Waals surface area contributed by atoms with Gasteiger partial charge in [0.2, 0.25) is 0 Å². The number of hydrogen-bond acceptors (Lipinski definition) is 4. The number of nitrogens with zero attached hydrogens (tertiary/aromatic N) is 1. The zero-order valence-corrected chi connectivity index (χ0v) is 13.9. The zero-order chi connectivity index (χ0) is 18.1. The molecule has 130 valence electrons. The Balaban J connectivity index is 1.49. The molecule has 0 aliphatic carbocycles. The molecule has 0 saturated heterocycles. The van der Waals surface area contributed by atoms with Crippen LogP contribution in [0.2, 0.25) is 0 Å². The molecular weight excluding hydrogens is 332 g/mol. The van der Waals surface area contributed by atoms with E-state index in [1.165, 1.54) is 11.6 Å². The lowest BCUT2D eigenvalue weighted by Crippen LogP contribution is -2.42. The van der Waals surface area contributed by atoms with Gasteiger partial charge in [-0.3, -0.25) is 9.59 Å². The van der Waals surface area contributed by atoms with Crippen molar-refractivity contribution in [3.8, 4) is 0 Å². The van der Waals surface area contributed by atoms with Crippen molar-refractivity contribution in [2.75, 3.05) is 11.9 Å². The summed E-state index contributed by atoms with van der Waals surface area (Å²) in [5.74, 6) is -1.24. The van der Waals surface area contributed by atoms with Gasteiger partial charge >= 0.3 is 17.4 Å². The minimum absolute atomic E-state index is 0.425. The highest BCUT2D eigenvalue weighted by Gasteiger charge is 2.25. The van der Waals surface area contributed by atoms with E-state index in [2.05, 4.69) is 5.32 Å². The van der Waals surface area contributed by atoms with Crippen molar-refractivity contribution in [1.29, 1.82) is 0 Å². The molecule has 1 N–H and O–H groups in total. The summed E-state index contributed by atoms with van der Waals surface area (Å²) in [7, 11) is 0. The third-order valence-electron chi connectivity index (χ3n) is 4.49. The van der Waals surface area contributed by atoms with Crippen LogP contribution in [0.5, 0.6) is 0 Å². The molecule has 3 aromatic rings. The summed E-state index contributed by atoms with van der Waals surface area (Å²) in [5.41, 5.74) is 2.75. The molecule has 1 aliphatic rings. The molecule has 26 heavy (non-hydrogen) atoms. The fourth-order valence-corrected chi connectivity index (χ4v) is 3.15. The predicted molar refractivity (Wildman–Crippen MR) is 96.7 cm³/mol. The van der Waals surface area contributed by atoms with Crippen molar-refractivity contribution in [2.45, 2.75) is 13.0 Å². The smallest absolute Gasteiger partial charge is 0.336 e. The van der Waals surface area contributed by atoms with Crippen LogP contribution >= 0.6 is 0 Å². The molecule has 1 aromatic heterocycles. The SMILES string of the molecule is O=C(Nc1ccc2oc(=O)ccc2c1)C(=O)N1CCc2ccccc2C1. The lowest BCUT2D eigenvalue weighted by molar-refractivity contribution is -0.143. The van der Waals surface area contributed by atoms with Crippen LogP contribution in [0.3, 0.4) is 0 Å². The highest BCUT2D eigenvalue weighted by molar-refractivity contribution is 6.39. The predicted octanol–water partition coefficient (Wildman–Crippen LogP) is 2.32. The molecule has 0 fully saturated rings. The number of fused-ring (bicyclic) bond motifs is 2. The van der Waals surface area contributed by atoms with Crippen LogP contribution in [0.15, 0.2) is 63.8 Å². The molecule has 0 spiro atoms. The monoisotopic (exact) mass is 348 g/mol. The molecule has 0 unspecified atom stereocenters. The lowest BCUT2D eigenvalue weighted by Gasteiger charge is -2.28. The number of benzene rings is 2. The van der Waals surface area contributed by atoms with Crippen molar-refractivity contribution in [1.82, 2.24) is 4.90 Å². The van der Waals surface area contributed by atoms with Crippen LogP contribution in [0.4, 0.5) is 5.69 Å². The summed E-state index contributed by atoms with van der Waals surface area (Å²) in [6.45, 7) is 0.956. The Hall–Kier alpha value is -3.41. The Labute approximate surface area is 149 Å². The van der Waals surface area contributed by atoms with Gasteiger partial charge in [-0.2, -0.15) is 0 Å². The standard InChI is InChI=1S/C20H16N2O4/c23-18-8-5-14-11-16(6-7-17(14)26-18)21-19(24)20(25)22-10-9-13-3-1-2-4-15(13)12-22/h1-8,11H,9-10,12H2,(H,21,24). The normalized spacial score (nSPS) is 13.3. The van der Waals surface area contributed by atoms with Gasteiger partial charge in [-0.15, -0.1) is 0 Å². The van der Waals surface area contributed by atoms with Crippen LogP contribution in [0, 0.1) is 0 Å². The van der Waals surface area contributed by atoms with Crippen LogP contribution in [-0.4, -0.2) is 23.3 Å². The summed E-state index contributed by atoms with van der Waals surface area (Å²) in [5, 5.41) is 3.29. The summed E-state index contributed by atoms with van der Waals surface area (Å²) >= 11 is 0. The van der Waals surface area contributed by atoms with E-state index in [1.54, 1.807) is 29.2 Å². The molecule has 0 atom stereocenters. The molecule has 0 bridgehead atoms. The van der Waals surface area contributed by atoms with Gasteiger partial charge in [-0.25, -0.2) is 4.79 Å². The first-order valence-electron chi connectivity index (χ1n) is 8.31. The number of rotatable bonds is 1. The molecule has 2 amide bonds. The molecule has 0 saturated carbocycles. The summed E-state index contributed by atoms with van der Waals surface area (Å²) in [4.78, 5) is 37.6. The molecule has 0 radical (unpaired) electrons. The van der Waals surface area contributed by atoms with Gasteiger partial charge < -0.3 is 14.6 Å². The van der Waals surface area contributed by atoms with Gasteiger partial charge in [0.05, 0.1) is 0 Å². The van der Waals surface area contributed by atoms with Gasteiger partial charge in [0.25, 0.3) is 0 Å². The second-order valence-corrected chi connectivity index (χ2v) is 6.21. The van der Waals surface area contributed by atoms with E-state index in [0.29, 0.717) is 29.7 Å². The number of amides is 2. The maximum Gasteiger partial charge on any atom is 0.336 e. The molecule has 2 aromatic carbocycles. The van der Waals surface area contributed by atoms with Crippen LogP contribution in [0.1, 0.15) is 11.1 Å². The third-order valence-corrected chi connectivity index (χ3v) is 4.49. The molecule has 2 heterocycles. The first kappa shape index (κ1) is 16.1. The van der Waals surface area contributed by atoms with Crippen LogP contribution in [-0.2, 0) is 22.6 Å². The fraction of sp³-hybridized carbons (Fsp3) is 0.150. The highest BCUT2D eigenvalue weighted by atomic mass is 16.4. The molecule has 6 heteroatoms. The average Bonchev–Trinajstić information content (AvgIpc) is 2.67. The van der Waals surface area contributed by atoms with Gasteiger partial charge in [-0.05, 0) is 41.8 Å². The first-order valence-corrected chi connectivity index (χ1v) is 8.31. The number of nitrogens with one attached hydrogen (secondary N) is 1. The van der Waals surface area contributed by atoms with Crippen molar-refractivity contribution in [3.05, 3.63) is 76.1 Å². The summed E-state index contributed by atoms with van der Waals surface area (Å²) in [6, 6.07) is 15.7. The number of hydrogen-bond donors (Lipinski definition) is 1. The van der Waals surface area contributed by atoms with Crippen molar-refractivity contribution in [2.24, 2.45) is 0 Å². The van der Waals surface area contributed by atoms with E-state index < -0.39 is 17.4 Å². The molecular formula is C20H16N2O4. The maximum atomic E-state index is 12.5. The Morgan fingerprint density at radius 1 is 1.00 bits per heavy atom. The number of carbonyl (C=O) groups excluding carboxylic acids is 2. The van der Waals surface area contributed by atoms with E-state index in [-0.39, 0.29) is 0 Å². The summed E-state index contributed by atoms with van der Waals surface area (Å²) in [6.07, 6.45) is 0.740. The lowest BCUT2D eigenvalue weighted by atomic mass is 10.00. The highest BCUT2D eigenvalue weighted by Crippen LogP contribution is 2.20. The largest absolute Gasteiger partial charge is 0.423 e. The number of anilines is 1. The van der Waals surface area contributed by atoms with E-state index in [9.17, 15) is 14.4 Å². The van der Waals surface area contributed by atoms with Gasteiger partial charge in [0.15, 0.2) is 0 Å². The second-order valence-electron chi connectivity index (χ2n) is 6.21. The Morgan fingerprint density at radius 3 is 2.65 bits per heavy atom. The molecule has 6 nitrogen and oxygen atoms in total. The molecule has 1 aliphatic heterocycles.